The van der Waals surface area contributed by atoms with Crippen LogP contribution < -0.4 is 4.90 Å². The molecule has 0 N–H and O–H groups in total. The molecule has 0 aliphatic heterocycles. The molecular formula is C15H6Cl2F4N4O4. The van der Waals surface area contributed by atoms with Gasteiger partial charge in [-0.3, -0.25) is 20.2 Å². The molecule has 0 bridgehead atoms. The Bertz CT molecular complexity index is 1090. The minimum Gasteiger partial charge on any atom is -0.336 e. The average Bonchev–Trinajstić information content (AvgIpc) is 2.62. The van der Waals surface area contributed by atoms with E-state index >= 15 is 0 Å². The predicted octanol–water partition coefficient (Wildman–Crippen LogP) is 5.61. The van der Waals surface area contributed by atoms with Crippen LogP contribution in [-0.2, 0) is 6.18 Å². The molecule has 0 atom stereocenters. The van der Waals surface area contributed by atoms with Crippen LogP contribution in [0.4, 0.5) is 40.3 Å². The third-order valence-electron chi connectivity index (χ3n) is 3.71. The number of hydrogen-bond acceptors (Lipinski definition) is 6. The molecule has 0 spiro atoms. The molecular weight excluding hydrogens is 447 g/mol. The molecule has 0 saturated carbocycles. The summed E-state index contributed by atoms with van der Waals surface area (Å²) in [6.07, 6.45) is -5.26. The molecule has 152 valence electrons. The normalized spacial score (nSPS) is 11.1. The number of nitriles is 1. The van der Waals surface area contributed by atoms with Crippen molar-refractivity contribution in [1.82, 2.24) is 0 Å². The lowest BCUT2D eigenvalue weighted by atomic mass is 10.1. The summed E-state index contributed by atoms with van der Waals surface area (Å²) in [4.78, 5) is 20.3. The second kappa shape index (κ2) is 7.69. The smallest absolute Gasteiger partial charge is 0.336 e. The van der Waals surface area contributed by atoms with Crippen LogP contribution in [0.25, 0.3) is 0 Å². The molecule has 2 aromatic carbocycles. The SMILES string of the molecule is CN(c1c([N+](=O)[O-])cc([N+](=O)[O-])cc1C(F)(F)F)c1c(Cl)cc(C#N)c(F)c1Cl. The zero-order chi connectivity index (χ0) is 22.3. The fourth-order valence-corrected chi connectivity index (χ4v) is 3.21. The molecule has 0 aliphatic rings. The molecule has 29 heavy (non-hydrogen) atoms. The van der Waals surface area contributed by atoms with Gasteiger partial charge in [-0.05, 0) is 6.07 Å². The van der Waals surface area contributed by atoms with E-state index < -0.39 is 65.8 Å². The number of nitrogens with zero attached hydrogens (tertiary/aromatic N) is 4. The number of halogens is 6. The van der Waals surface area contributed by atoms with Crippen molar-refractivity contribution in [2.75, 3.05) is 11.9 Å². The molecule has 0 aromatic heterocycles. The highest BCUT2D eigenvalue weighted by Gasteiger charge is 2.41. The van der Waals surface area contributed by atoms with Crippen LogP contribution in [-0.4, -0.2) is 16.9 Å². The van der Waals surface area contributed by atoms with Gasteiger partial charge in [0.05, 0.1) is 37.7 Å². The second-order valence-corrected chi connectivity index (χ2v) is 6.21. The molecule has 14 heteroatoms. The number of benzene rings is 2. The topological polar surface area (TPSA) is 113 Å². The monoisotopic (exact) mass is 452 g/mol. The first-order valence-electron chi connectivity index (χ1n) is 7.16. The summed E-state index contributed by atoms with van der Waals surface area (Å²) in [7, 11) is 0.877. The Morgan fingerprint density at radius 3 is 2.14 bits per heavy atom. The molecule has 0 saturated heterocycles. The van der Waals surface area contributed by atoms with Crippen molar-refractivity contribution in [3.8, 4) is 6.07 Å². The molecule has 8 nitrogen and oxygen atoms in total. The van der Waals surface area contributed by atoms with E-state index in [2.05, 4.69) is 0 Å². The van der Waals surface area contributed by atoms with E-state index in [4.69, 9.17) is 28.5 Å². The van der Waals surface area contributed by atoms with Gasteiger partial charge in [0.15, 0.2) is 5.82 Å². The predicted molar refractivity (Wildman–Crippen MR) is 94.0 cm³/mol. The lowest BCUT2D eigenvalue weighted by Crippen LogP contribution is -2.20. The Labute approximate surface area is 168 Å². The van der Waals surface area contributed by atoms with Crippen LogP contribution in [0.3, 0.4) is 0 Å². The average molecular weight is 453 g/mol. The van der Waals surface area contributed by atoms with E-state index in [0.29, 0.717) is 11.0 Å². The van der Waals surface area contributed by atoms with Crippen LogP contribution in [0.2, 0.25) is 10.0 Å². The van der Waals surface area contributed by atoms with Crippen LogP contribution in [0, 0.1) is 37.4 Å². The summed E-state index contributed by atoms with van der Waals surface area (Å²) < 4.78 is 54.9. The van der Waals surface area contributed by atoms with E-state index in [1.165, 1.54) is 6.07 Å². The third kappa shape index (κ3) is 4.01. The van der Waals surface area contributed by atoms with E-state index in [-0.39, 0.29) is 6.07 Å². The Morgan fingerprint density at radius 1 is 1.10 bits per heavy atom. The summed E-state index contributed by atoms with van der Waals surface area (Å²) in [6.45, 7) is 0. The van der Waals surface area contributed by atoms with Gasteiger partial charge in [-0.2, -0.15) is 18.4 Å². The molecule has 0 amide bonds. The van der Waals surface area contributed by atoms with Crippen LogP contribution >= 0.6 is 23.2 Å². The van der Waals surface area contributed by atoms with Gasteiger partial charge in [0.2, 0.25) is 0 Å². The first kappa shape index (κ1) is 22.1. The second-order valence-electron chi connectivity index (χ2n) is 5.43. The van der Waals surface area contributed by atoms with Gasteiger partial charge in [0.25, 0.3) is 11.4 Å². The summed E-state index contributed by atoms with van der Waals surface area (Å²) >= 11 is 11.7. The van der Waals surface area contributed by atoms with E-state index in [1.807, 2.05) is 0 Å². The first-order valence-corrected chi connectivity index (χ1v) is 7.92. The molecule has 2 rings (SSSR count). The van der Waals surface area contributed by atoms with Gasteiger partial charge in [-0.1, -0.05) is 23.2 Å². The van der Waals surface area contributed by atoms with Gasteiger partial charge >= 0.3 is 6.18 Å². The Morgan fingerprint density at radius 2 is 1.69 bits per heavy atom. The number of rotatable bonds is 4. The van der Waals surface area contributed by atoms with Gasteiger partial charge in [-0.15, -0.1) is 0 Å². The molecule has 0 radical (unpaired) electrons. The summed E-state index contributed by atoms with van der Waals surface area (Å²) in [5.74, 6) is -1.31. The lowest BCUT2D eigenvalue weighted by molar-refractivity contribution is -0.394. The van der Waals surface area contributed by atoms with Gasteiger partial charge < -0.3 is 4.90 Å². The number of nitro benzene ring substituents is 2. The lowest BCUT2D eigenvalue weighted by Gasteiger charge is -2.25. The van der Waals surface area contributed by atoms with E-state index in [1.54, 1.807) is 0 Å². The summed E-state index contributed by atoms with van der Waals surface area (Å²) in [5, 5.41) is 29.8. The summed E-state index contributed by atoms with van der Waals surface area (Å²) in [5.41, 5.74) is -6.56. The maximum absolute atomic E-state index is 14.2. The fraction of sp³-hybridized carbons (Fsp3) is 0.133. The van der Waals surface area contributed by atoms with Crippen molar-refractivity contribution >= 4 is 46.0 Å². The molecule has 2 aromatic rings. The highest BCUT2D eigenvalue weighted by molar-refractivity contribution is 6.39. The maximum atomic E-state index is 14.2. The van der Waals surface area contributed by atoms with E-state index in [0.717, 1.165) is 13.1 Å². The number of hydrogen-bond donors (Lipinski definition) is 0. The number of non-ortho nitro benzene ring substituents is 1. The maximum Gasteiger partial charge on any atom is 0.418 e. The third-order valence-corrected chi connectivity index (χ3v) is 4.35. The summed E-state index contributed by atoms with van der Waals surface area (Å²) in [6, 6.07) is 2.64. The largest absolute Gasteiger partial charge is 0.418 e. The Kier molecular flexibility index (Phi) is 5.86. The molecule has 0 unspecified atom stereocenters. The van der Waals surface area contributed by atoms with Crippen molar-refractivity contribution in [1.29, 1.82) is 5.26 Å². The minimum atomic E-state index is -5.26. The quantitative estimate of drug-likeness (QED) is 0.258. The highest BCUT2D eigenvalue weighted by Crippen LogP contribution is 2.49. The van der Waals surface area contributed by atoms with Gasteiger partial charge in [0, 0.05) is 13.1 Å². The first-order chi connectivity index (χ1) is 13.3. The number of anilines is 2. The van der Waals surface area contributed by atoms with Crippen molar-refractivity contribution in [3.05, 3.63) is 65.4 Å². The molecule has 0 fully saturated rings. The Balaban J connectivity index is 2.94. The Hall–Kier alpha value is -3.17. The molecule has 0 heterocycles. The van der Waals surface area contributed by atoms with Gasteiger partial charge in [-0.25, -0.2) is 4.39 Å². The zero-order valence-corrected chi connectivity index (χ0v) is 15.4. The highest BCUT2D eigenvalue weighted by atomic mass is 35.5. The van der Waals surface area contributed by atoms with Crippen molar-refractivity contribution in [2.24, 2.45) is 0 Å². The van der Waals surface area contributed by atoms with Crippen molar-refractivity contribution in [2.45, 2.75) is 6.18 Å². The van der Waals surface area contributed by atoms with Crippen LogP contribution in [0.15, 0.2) is 18.2 Å². The number of alkyl halides is 3. The minimum absolute atomic E-state index is 0.0979. The van der Waals surface area contributed by atoms with Crippen LogP contribution in [0.5, 0.6) is 0 Å². The standard InChI is InChI=1S/C15H6Cl2F4N4O4/c1-23(14-9(16)2-6(5-22)12(18)11(14)17)13-8(15(19,20)21)3-7(24(26)27)4-10(13)25(28)29/h2-4H,1H3. The fourth-order valence-electron chi connectivity index (χ4n) is 2.50. The number of nitro groups is 2. The van der Waals surface area contributed by atoms with E-state index in [9.17, 15) is 37.8 Å². The van der Waals surface area contributed by atoms with Crippen molar-refractivity contribution in [3.63, 3.8) is 0 Å². The van der Waals surface area contributed by atoms with Crippen molar-refractivity contribution < 1.29 is 27.4 Å². The molecule has 0 aliphatic carbocycles. The zero-order valence-electron chi connectivity index (χ0n) is 13.9. The van der Waals surface area contributed by atoms with Crippen LogP contribution in [0.1, 0.15) is 11.1 Å². The van der Waals surface area contributed by atoms with Gasteiger partial charge in [0.1, 0.15) is 16.8 Å².